The summed E-state index contributed by atoms with van der Waals surface area (Å²) < 4.78 is -1.24. The lowest BCUT2D eigenvalue weighted by Gasteiger charge is -2.26. The third-order valence-electron chi connectivity index (χ3n) is 0.573. The average Bonchev–Trinajstić information content (AvgIpc) is 1.64. The van der Waals surface area contributed by atoms with Crippen molar-refractivity contribution in [3.63, 3.8) is 0 Å². The number of hydroxylamine groups is 3. The summed E-state index contributed by atoms with van der Waals surface area (Å²) in [6.45, 7) is 0. The molecule has 0 rings (SSSR count). The van der Waals surface area contributed by atoms with E-state index in [0.717, 1.165) is 19.7 Å². The monoisotopic (exact) mass is 136 g/mol. The maximum atomic E-state index is 10.5. The molecule has 0 aliphatic carbocycles. The van der Waals surface area contributed by atoms with Gasteiger partial charge in [0.2, 0.25) is 0 Å². The Hall–Kier alpha value is -0.690. The molecule has 0 atom stereocenters. The minimum Gasteiger partial charge on any atom is -0.623 e. The van der Waals surface area contributed by atoms with Crippen LogP contribution in [0.25, 0.3) is 0 Å². The van der Waals surface area contributed by atoms with Gasteiger partial charge in [-0.05, 0) is 5.64 Å². The molecule has 54 valence electrons. The van der Waals surface area contributed by atoms with E-state index in [2.05, 4.69) is 4.84 Å². The zero-order chi connectivity index (χ0) is 7.49. The molecule has 0 saturated heterocycles. The summed E-state index contributed by atoms with van der Waals surface area (Å²) in [6.07, 6.45) is -1.11. The van der Waals surface area contributed by atoms with Gasteiger partial charge in [-0.3, -0.25) is 14.7 Å². The second kappa shape index (κ2) is 2.74. The first-order valence-electron chi connectivity index (χ1n) is 2.14. The first kappa shape index (κ1) is 8.31. The third kappa shape index (κ3) is 2.98. The van der Waals surface area contributed by atoms with Crippen molar-refractivity contribution in [1.82, 2.24) is 5.64 Å². The predicted molar refractivity (Wildman–Crippen MR) is 26.9 cm³/mol. The van der Waals surface area contributed by atoms with Gasteiger partial charge in [0.25, 0.3) is 0 Å². The number of hydrogen-bond acceptors (Lipinski definition) is 5. The lowest BCUT2D eigenvalue weighted by atomic mass is 10.9. The number of carbonyl (C=O) groups excluding carboxylic acids is 1. The molecule has 1 amide bonds. The summed E-state index contributed by atoms with van der Waals surface area (Å²) >= 11 is 0. The van der Waals surface area contributed by atoms with E-state index < -0.39 is 10.7 Å². The van der Waals surface area contributed by atoms with Crippen LogP contribution >= 0.6 is 0 Å². The second-order valence-corrected chi connectivity index (χ2v) is 1.81. The summed E-state index contributed by atoms with van der Waals surface area (Å²) in [5.41, 5.74) is 1.11. The Kier molecular flexibility index (Phi) is 2.53. The smallest absolute Gasteiger partial charge is 0.536 e. The van der Waals surface area contributed by atoms with E-state index in [4.69, 9.17) is 5.21 Å². The van der Waals surface area contributed by atoms with Gasteiger partial charge in [-0.25, -0.2) is 0 Å². The molecule has 0 aliphatic heterocycles. The Morgan fingerprint density at radius 1 is 1.78 bits per heavy atom. The van der Waals surface area contributed by atoms with Crippen molar-refractivity contribution < 1.29 is 19.5 Å². The highest BCUT2D eigenvalue weighted by Crippen LogP contribution is 1.94. The molecule has 0 radical (unpaired) electrons. The molecule has 0 heterocycles. The second-order valence-electron chi connectivity index (χ2n) is 1.81. The minimum atomic E-state index is -1.24. The van der Waals surface area contributed by atoms with E-state index in [0.29, 0.717) is 0 Å². The van der Waals surface area contributed by atoms with Crippen LogP contribution in [0.15, 0.2) is 0 Å². The molecule has 0 aromatic rings. The maximum Gasteiger partial charge on any atom is 0.536 e. The van der Waals surface area contributed by atoms with Gasteiger partial charge in [0, 0.05) is 0 Å². The molecular formula is C3H8N2O4. The molecule has 6 nitrogen and oxygen atoms in total. The fraction of sp³-hybridized carbons (Fsp3) is 0.667. The fourth-order valence-corrected chi connectivity index (χ4v) is 0.149. The highest BCUT2D eigenvalue weighted by Gasteiger charge is 2.17. The number of hydrogen-bond donors (Lipinski definition) is 2. The van der Waals surface area contributed by atoms with Gasteiger partial charge >= 0.3 is 6.09 Å². The van der Waals surface area contributed by atoms with E-state index in [1.807, 2.05) is 0 Å². The number of quaternary nitrogens is 1. The van der Waals surface area contributed by atoms with Crippen LogP contribution < -0.4 is 5.64 Å². The maximum absolute atomic E-state index is 10.5. The van der Waals surface area contributed by atoms with E-state index in [1.54, 1.807) is 0 Å². The van der Waals surface area contributed by atoms with Crippen LogP contribution in [0.3, 0.4) is 0 Å². The lowest BCUT2D eigenvalue weighted by molar-refractivity contribution is -0.765. The van der Waals surface area contributed by atoms with E-state index in [9.17, 15) is 10.0 Å². The van der Waals surface area contributed by atoms with Gasteiger partial charge < -0.3 is 5.21 Å². The van der Waals surface area contributed by atoms with Gasteiger partial charge in [-0.1, -0.05) is 0 Å². The van der Waals surface area contributed by atoms with Crippen LogP contribution in [-0.2, 0) is 4.84 Å². The molecule has 2 N–H and O–H groups in total. The summed E-state index contributed by atoms with van der Waals surface area (Å²) in [5.74, 6) is 0. The first-order chi connectivity index (χ1) is 3.98. The molecule has 0 aromatic carbocycles. The van der Waals surface area contributed by atoms with Gasteiger partial charge in [-0.2, -0.15) is 4.79 Å². The van der Waals surface area contributed by atoms with Crippen molar-refractivity contribution in [3.05, 3.63) is 5.21 Å². The van der Waals surface area contributed by atoms with Crippen LogP contribution in [-0.4, -0.2) is 30.0 Å². The summed E-state index contributed by atoms with van der Waals surface area (Å²) in [5, 5.41) is 18.3. The molecule has 0 fully saturated rings. The number of rotatable bonds is 1. The molecule has 0 saturated carbocycles. The Morgan fingerprint density at radius 2 is 2.22 bits per heavy atom. The predicted octanol–water partition coefficient (Wildman–Crippen LogP) is -0.409. The van der Waals surface area contributed by atoms with Gasteiger partial charge in [-0.15, -0.1) is 0 Å². The quantitative estimate of drug-likeness (QED) is 0.378. The van der Waals surface area contributed by atoms with E-state index in [-0.39, 0.29) is 0 Å². The van der Waals surface area contributed by atoms with E-state index in [1.165, 1.54) is 0 Å². The fourth-order valence-electron chi connectivity index (χ4n) is 0.149. The standard InChI is InChI=1S/C3H8N2O4/c1-5(2,8)3(6)9-4-7/h4,7H,1-2H3. The normalized spacial score (nSPS) is 11.1. The zero-order valence-electron chi connectivity index (χ0n) is 5.12. The Morgan fingerprint density at radius 3 is 2.33 bits per heavy atom. The van der Waals surface area contributed by atoms with Crippen molar-refractivity contribution in [2.24, 2.45) is 0 Å². The molecule has 0 unspecified atom stereocenters. The molecule has 6 heteroatoms. The summed E-state index contributed by atoms with van der Waals surface area (Å²) in [7, 11) is 2.14. The Balaban J connectivity index is 3.74. The van der Waals surface area contributed by atoms with Gasteiger partial charge in [0.1, 0.15) is 0 Å². The minimum absolute atomic E-state index is 1.07. The van der Waals surface area contributed by atoms with Crippen LogP contribution in [0.2, 0.25) is 0 Å². The molecular weight excluding hydrogens is 128 g/mol. The van der Waals surface area contributed by atoms with Gasteiger partial charge in [0.05, 0.1) is 14.1 Å². The zero-order valence-corrected chi connectivity index (χ0v) is 5.12. The largest absolute Gasteiger partial charge is 0.623 e. The topological polar surface area (TPSA) is 81.6 Å². The molecule has 0 spiro atoms. The number of nitrogens with one attached hydrogen (secondary N) is 1. The van der Waals surface area contributed by atoms with Crippen LogP contribution in [0, 0.1) is 5.21 Å². The Bertz CT molecular complexity index is 107. The number of nitrogens with zero attached hydrogens (tertiary/aromatic N) is 1. The Labute approximate surface area is 51.7 Å². The average molecular weight is 136 g/mol. The molecule has 9 heavy (non-hydrogen) atoms. The SMILES string of the molecule is C[N+](C)([O-])C(=O)ONO. The van der Waals surface area contributed by atoms with Gasteiger partial charge in [0.15, 0.2) is 0 Å². The van der Waals surface area contributed by atoms with Crippen molar-refractivity contribution in [3.8, 4) is 0 Å². The summed E-state index contributed by atoms with van der Waals surface area (Å²) in [6, 6.07) is 0. The molecule has 0 aromatic heterocycles. The first-order valence-corrected chi connectivity index (χ1v) is 2.14. The highest BCUT2D eigenvalue weighted by molar-refractivity contribution is 5.58. The molecule has 0 aliphatic rings. The van der Waals surface area contributed by atoms with E-state index >= 15 is 0 Å². The number of amides is 1. The highest BCUT2D eigenvalue weighted by atomic mass is 16.9. The van der Waals surface area contributed by atoms with Crippen molar-refractivity contribution >= 4 is 6.09 Å². The third-order valence-corrected chi connectivity index (χ3v) is 0.573. The van der Waals surface area contributed by atoms with Crippen molar-refractivity contribution in [2.75, 3.05) is 14.1 Å². The van der Waals surface area contributed by atoms with Crippen LogP contribution in [0.1, 0.15) is 0 Å². The lowest BCUT2D eigenvalue weighted by Crippen LogP contribution is -2.41. The van der Waals surface area contributed by atoms with Crippen LogP contribution in [0.4, 0.5) is 4.79 Å². The summed E-state index contributed by atoms with van der Waals surface area (Å²) in [4.78, 5) is 14.0. The number of carbonyl (C=O) groups is 1. The van der Waals surface area contributed by atoms with Crippen molar-refractivity contribution in [1.29, 1.82) is 0 Å². The van der Waals surface area contributed by atoms with Crippen molar-refractivity contribution in [2.45, 2.75) is 0 Å². The van der Waals surface area contributed by atoms with Crippen LogP contribution in [0.5, 0.6) is 0 Å². The molecule has 0 bridgehead atoms.